The topological polar surface area (TPSA) is 77.1 Å². The van der Waals surface area contributed by atoms with Crippen LogP contribution in [0.3, 0.4) is 0 Å². The smallest absolute Gasteiger partial charge is 0.260 e. The summed E-state index contributed by atoms with van der Waals surface area (Å²) in [5, 5.41) is 4.28. The molecule has 1 aliphatic rings. The SMILES string of the molecule is Cc1ccc(C(=O)Nc2ccc3c(-c4cccc(C)c4)c(N)n(C4CC4)c(=O)c3c2)cc1. The Labute approximate surface area is 186 Å². The summed E-state index contributed by atoms with van der Waals surface area (Å²) in [5.74, 6) is 0.299. The van der Waals surface area contributed by atoms with Gasteiger partial charge in [0.1, 0.15) is 5.82 Å². The van der Waals surface area contributed by atoms with Crippen molar-refractivity contribution in [3.8, 4) is 11.1 Å². The van der Waals surface area contributed by atoms with Gasteiger partial charge in [0.15, 0.2) is 0 Å². The molecule has 5 heteroatoms. The number of amides is 1. The minimum absolute atomic E-state index is 0.108. The van der Waals surface area contributed by atoms with Gasteiger partial charge in [0.25, 0.3) is 11.5 Å². The number of benzene rings is 3. The molecule has 1 fully saturated rings. The average Bonchev–Trinajstić information content (AvgIpc) is 3.60. The van der Waals surface area contributed by atoms with Crippen LogP contribution in [0.25, 0.3) is 21.9 Å². The third-order valence-electron chi connectivity index (χ3n) is 6.04. The van der Waals surface area contributed by atoms with E-state index in [-0.39, 0.29) is 17.5 Å². The normalized spacial score (nSPS) is 13.3. The minimum atomic E-state index is -0.207. The summed E-state index contributed by atoms with van der Waals surface area (Å²) in [7, 11) is 0. The van der Waals surface area contributed by atoms with Crippen LogP contribution in [0.4, 0.5) is 11.5 Å². The monoisotopic (exact) mass is 423 g/mol. The molecule has 1 saturated carbocycles. The third kappa shape index (κ3) is 3.56. The number of hydrogen-bond donors (Lipinski definition) is 2. The Morgan fingerprint density at radius 2 is 1.69 bits per heavy atom. The number of carbonyl (C=O) groups is 1. The number of aryl methyl sites for hydroxylation is 2. The van der Waals surface area contributed by atoms with Crippen molar-refractivity contribution in [3.05, 3.63) is 93.8 Å². The highest BCUT2D eigenvalue weighted by atomic mass is 16.1. The fourth-order valence-corrected chi connectivity index (χ4v) is 4.22. The number of pyridine rings is 1. The van der Waals surface area contributed by atoms with E-state index in [0.29, 0.717) is 22.5 Å². The number of aromatic nitrogens is 1. The quantitative estimate of drug-likeness (QED) is 0.458. The summed E-state index contributed by atoms with van der Waals surface area (Å²) in [6.45, 7) is 4.02. The molecule has 1 amide bonds. The molecular formula is C27H25N3O2. The van der Waals surface area contributed by atoms with E-state index in [4.69, 9.17) is 5.73 Å². The van der Waals surface area contributed by atoms with Gasteiger partial charge in [-0.05, 0) is 61.9 Å². The molecule has 0 unspecified atom stereocenters. The van der Waals surface area contributed by atoms with Crippen LogP contribution in [-0.2, 0) is 0 Å². The molecule has 5 rings (SSSR count). The van der Waals surface area contributed by atoms with E-state index in [0.717, 1.165) is 40.5 Å². The summed E-state index contributed by atoms with van der Waals surface area (Å²) in [5.41, 5.74) is 11.7. The molecule has 0 aliphatic heterocycles. The van der Waals surface area contributed by atoms with Crippen molar-refractivity contribution in [2.75, 3.05) is 11.1 Å². The summed E-state index contributed by atoms with van der Waals surface area (Å²) in [6.07, 6.45) is 1.90. The second-order valence-corrected chi connectivity index (χ2v) is 8.62. The van der Waals surface area contributed by atoms with Crippen molar-refractivity contribution in [2.45, 2.75) is 32.7 Å². The highest BCUT2D eigenvalue weighted by Crippen LogP contribution is 2.41. The van der Waals surface area contributed by atoms with Crippen molar-refractivity contribution in [3.63, 3.8) is 0 Å². The lowest BCUT2D eigenvalue weighted by Gasteiger charge is -2.18. The predicted molar refractivity (Wildman–Crippen MR) is 130 cm³/mol. The summed E-state index contributed by atoms with van der Waals surface area (Å²) >= 11 is 0. The molecular weight excluding hydrogens is 398 g/mol. The number of nitrogens with zero attached hydrogens (tertiary/aromatic N) is 1. The van der Waals surface area contributed by atoms with Crippen LogP contribution in [0.15, 0.2) is 71.5 Å². The van der Waals surface area contributed by atoms with Gasteiger partial charge in [0.05, 0.1) is 5.39 Å². The molecule has 160 valence electrons. The van der Waals surface area contributed by atoms with Gasteiger partial charge in [-0.15, -0.1) is 0 Å². The number of carbonyl (C=O) groups excluding carboxylic acids is 1. The average molecular weight is 424 g/mol. The van der Waals surface area contributed by atoms with E-state index in [2.05, 4.69) is 11.4 Å². The Hall–Kier alpha value is -3.86. The molecule has 1 aliphatic carbocycles. The fourth-order valence-electron chi connectivity index (χ4n) is 4.22. The molecule has 0 atom stereocenters. The van der Waals surface area contributed by atoms with Crippen LogP contribution in [0, 0.1) is 13.8 Å². The Morgan fingerprint density at radius 1 is 0.938 bits per heavy atom. The standard InChI is InChI=1S/C27H25N3O2/c1-16-6-8-18(9-7-16)26(31)29-20-10-13-22-23(15-20)27(32)30(21-11-12-21)25(28)24(22)19-5-3-4-17(2)14-19/h3-10,13-15,21H,11-12,28H2,1-2H3,(H,29,31). The van der Waals surface area contributed by atoms with E-state index in [9.17, 15) is 9.59 Å². The van der Waals surface area contributed by atoms with Gasteiger partial charge < -0.3 is 11.1 Å². The highest BCUT2D eigenvalue weighted by molar-refractivity contribution is 6.07. The molecule has 3 N–H and O–H groups in total. The second kappa shape index (κ2) is 7.68. The van der Waals surface area contributed by atoms with Crippen LogP contribution in [-0.4, -0.2) is 10.5 Å². The van der Waals surface area contributed by atoms with Crippen molar-refractivity contribution in [1.29, 1.82) is 0 Å². The number of nitrogen functional groups attached to an aromatic ring is 1. The lowest BCUT2D eigenvalue weighted by molar-refractivity contribution is 0.102. The molecule has 0 radical (unpaired) electrons. The first-order chi connectivity index (χ1) is 15.4. The summed E-state index contributed by atoms with van der Waals surface area (Å²) in [4.78, 5) is 26.1. The molecule has 0 bridgehead atoms. The largest absolute Gasteiger partial charge is 0.384 e. The minimum Gasteiger partial charge on any atom is -0.384 e. The van der Waals surface area contributed by atoms with Gasteiger partial charge in [-0.2, -0.15) is 0 Å². The van der Waals surface area contributed by atoms with E-state index in [1.165, 1.54) is 0 Å². The maximum atomic E-state index is 13.4. The van der Waals surface area contributed by atoms with Crippen molar-refractivity contribution >= 4 is 28.2 Å². The van der Waals surface area contributed by atoms with Crippen molar-refractivity contribution in [2.24, 2.45) is 0 Å². The lowest BCUT2D eigenvalue weighted by atomic mass is 9.97. The van der Waals surface area contributed by atoms with Gasteiger partial charge in [0, 0.05) is 22.9 Å². The lowest BCUT2D eigenvalue weighted by Crippen LogP contribution is -2.23. The number of anilines is 2. The Balaban J connectivity index is 1.65. The van der Waals surface area contributed by atoms with Crippen LogP contribution in [0.5, 0.6) is 0 Å². The number of rotatable bonds is 4. The maximum absolute atomic E-state index is 13.4. The second-order valence-electron chi connectivity index (χ2n) is 8.62. The molecule has 32 heavy (non-hydrogen) atoms. The predicted octanol–water partition coefficient (Wildman–Crippen LogP) is 5.45. The zero-order valence-corrected chi connectivity index (χ0v) is 18.2. The van der Waals surface area contributed by atoms with E-state index in [1.807, 2.05) is 56.3 Å². The number of nitrogens with two attached hydrogens (primary N) is 1. The Bertz CT molecular complexity index is 1410. The first-order valence-corrected chi connectivity index (χ1v) is 10.8. The van der Waals surface area contributed by atoms with Crippen LogP contribution >= 0.6 is 0 Å². The van der Waals surface area contributed by atoms with Gasteiger partial charge >= 0.3 is 0 Å². The summed E-state index contributed by atoms with van der Waals surface area (Å²) < 4.78 is 1.73. The first-order valence-electron chi connectivity index (χ1n) is 10.8. The molecule has 3 aromatic carbocycles. The van der Waals surface area contributed by atoms with E-state index >= 15 is 0 Å². The maximum Gasteiger partial charge on any atom is 0.260 e. The van der Waals surface area contributed by atoms with Gasteiger partial charge in [-0.3, -0.25) is 14.2 Å². The summed E-state index contributed by atoms with van der Waals surface area (Å²) in [6, 6.07) is 21.2. The van der Waals surface area contributed by atoms with Crippen molar-refractivity contribution in [1.82, 2.24) is 4.57 Å². The van der Waals surface area contributed by atoms with E-state index < -0.39 is 0 Å². The van der Waals surface area contributed by atoms with Crippen LogP contribution < -0.4 is 16.6 Å². The van der Waals surface area contributed by atoms with E-state index in [1.54, 1.807) is 22.8 Å². The third-order valence-corrected chi connectivity index (χ3v) is 6.04. The molecule has 1 aromatic heterocycles. The zero-order valence-electron chi connectivity index (χ0n) is 18.2. The first kappa shape index (κ1) is 20.1. The van der Waals surface area contributed by atoms with Gasteiger partial charge in [-0.25, -0.2) is 0 Å². The number of nitrogens with one attached hydrogen (secondary N) is 1. The Morgan fingerprint density at radius 3 is 2.38 bits per heavy atom. The molecule has 1 heterocycles. The number of fused-ring (bicyclic) bond motifs is 1. The molecule has 5 nitrogen and oxygen atoms in total. The fraction of sp³-hybridized carbons (Fsp3) is 0.185. The molecule has 4 aromatic rings. The number of hydrogen-bond acceptors (Lipinski definition) is 3. The Kier molecular flexibility index (Phi) is 4.82. The molecule has 0 spiro atoms. The highest BCUT2D eigenvalue weighted by Gasteiger charge is 2.29. The van der Waals surface area contributed by atoms with Gasteiger partial charge in [0.2, 0.25) is 0 Å². The zero-order chi connectivity index (χ0) is 22.4. The van der Waals surface area contributed by atoms with Crippen LogP contribution in [0.2, 0.25) is 0 Å². The molecule has 0 saturated heterocycles. The van der Waals surface area contributed by atoms with Crippen LogP contribution in [0.1, 0.15) is 40.4 Å². The van der Waals surface area contributed by atoms with Crippen molar-refractivity contribution < 1.29 is 4.79 Å². The van der Waals surface area contributed by atoms with Gasteiger partial charge in [-0.1, -0.05) is 53.6 Å².